The van der Waals surface area contributed by atoms with Crippen molar-refractivity contribution in [2.45, 2.75) is 30.6 Å². The number of fused-ring (bicyclic) bond motifs is 1. The third-order valence-electron chi connectivity index (χ3n) is 5.32. The van der Waals surface area contributed by atoms with E-state index >= 15 is 0 Å². The Morgan fingerprint density at radius 3 is 2.64 bits per heavy atom. The molecule has 2 aliphatic rings. The van der Waals surface area contributed by atoms with Crippen LogP contribution >= 0.6 is 0 Å². The van der Waals surface area contributed by atoms with Gasteiger partial charge in [0.1, 0.15) is 30.2 Å². The first-order valence-electron chi connectivity index (χ1n) is 8.98. The average molecular weight is 393 g/mol. The molecule has 12 nitrogen and oxygen atoms in total. The number of rotatable bonds is 3. The van der Waals surface area contributed by atoms with Crippen molar-refractivity contribution in [2.24, 2.45) is 0 Å². The summed E-state index contributed by atoms with van der Waals surface area (Å²) in [7, 11) is 1.95. The summed E-state index contributed by atoms with van der Waals surface area (Å²) < 4.78 is 7.08. The summed E-state index contributed by atoms with van der Waals surface area (Å²) in [5.41, 5.74) is 6.40. The molecular formula is C16H23N7O5. The van der Waals surface area contributed by atoms with Crippen LogP contribution in [0, 0.1) is 0 Å². The van der Waals surface area contributed by atoms with Gasteiger partial charge in [-0.05, 0) is 7.05 Å². The third kappa shape index (κ3) is 3.08. The number of aliphatic hydroxyl groups is 3. The molecule has 0 aromatic carbocycles. The molecule has 12 heteroatoms. The van der Waals surface area contributed by atoms with E-state index in [0.29, 0.717) is 37.3 Å². The number of imidazole rings is 1. The van der Waals surface area contributed by atoms with Crippen LogP contribution in [0.4, 0.5) is 5.82 Å². The predicted octanol–water partition coefficient (Wildman–Crippen LogP) is -2.84. The molecule has 2 aromatic heterocycles. The van der Waals surface area contributed by atoms with Crippen molar-refractivity contribution in [3.8, 4) is 0 Å². The molecule has 5 atom stereocenters. The maximum absolute atomic E-state index is 12.6. The standard InChI is InChI=1S/C16H23N7O5/c1-21-2-4-22(5-3-21)15(27)11(26)12-9(24)10(25)16(28-12)23-7-20-8-13(17)18-6-19-14(8)23/h6-7,9-12,16,24-26H,2-5H2,1H3,(H2,17,18,19)/t9-,10+,11?,12-,16+/m0/s1. The number of nitrogens with two attached hydrogens (primary N) is 1. The highest BCUT2D eigenvalue weighted by atomic mass is 16.6. The normalized spacial score (nSPS) is 30.1. The van der Waals surface area contributed by atoms with Gasteiger partial charge in [0.2, 0.25) is 0 Å². The number of piperazine rings is 1. The van der Waals surface area contributed by atoms with Gasteiger partial charge in [0.25, 0.3) is 5.91 Å². The lowest BCUT2D eigenvalue weighted by molar-refractivity contribution is -0.155. The molecule has 1 unspecified atom stereocenters. The second-order valence-electron chi connectivity index (χ2n) is 7.13. The number of carbonyl (C=O) groups is 1. The number of nitrogen functional groups attached to an aromatic ring is 1. The molecular weight excluding hydrogens is 370 g/mol. The maximum Gasteiger partial charge on any atom is 0.254 e. The highest BCUT2D eigenvalue weighted by molar-refractivity contribution is 5.82. The summed E-state index contributed by atoms with van der Waals surface area (Å²) in [6, 6.07) is 0. The maximum atomic E-state index is 12.6. The predicted molar refractivity (Wildman–Crippen MR) is 95.7 cm³/mol. The summed E-state index contributed by atoms with van der Waals surface area (Å²) >= 11 is 0. The summed E-state index contributed by atoms with van der Waals surface area (Å²) in [4.78, 5) is 28.3. The van der Waals surface area contributed by atoms with Crippen molar-refractivity contribution in [2.75, 3.05) is 39.0 Å². The summed E-state index contributed by atoms with van der Waals surface area (Å²) in [5, 5.41) is 31.4. The van der Waals surface area contributed by atoms with Crippen LogP contribution in [0.2, 0.25) is 0 Å². The van der Waals surface area contributed by atoms with Gasteiger partial charge in [0.15, 0.2) is 23.8 Å². The third-order valence-corrected chi connectivity index (χ3v) is 5.32. The Labute approximate surface area is 160 Å². The Morgan fingerprint density at radius 2 is 1.93 bits per heavy atom. The molecule has 0 saturated carbocycles. The monoisotopic (exact) mass is 393 g/mol. The molecule has 5 N–H and O–H groups in total. The number of hydrogen-bond acceptors (Lipinski definition) is 10. The number of nitrogens with zero attached hydrogens (tertiary/aromatic N) is 6. The number of amides is 1. The SMILES string of the molecule is CN1CCN(C(=O)C(O)[C@H]2O[C@@H](n3cnc4c(N)ncnc43)[C@H](O)[C@@H]2O)CC1. The fourth-order valence-corrected chi connectivity index (χ4v) is 3.59. The summed E-state index contributed by atoms with van der Waals surface area (Å²) in [6.07, 6.45) is -4.24. The molecule has 1 amide bonds. The molecule has 2 aliphatic heterocycles. The van der Waals surface area contributed by atoms with E-state index in [9.17, 15) is 20.1 Å². The van der Waals surface area contributed by atoms with Crippen molar-refractivity contribution >= 4 is 22.9 Å². The smallest absolute Gasteiger partial charge is 0.254 e. The van der Waals surface area contributed by atoms with E-state index in [1.807, 2.05) is 7.05 Å². The van der Waals surface area contributed by atoms with Gasteiger partial charge in [-0.1, -0.05) is 0 Å². The van der Waals surface area contributed by atoms with Gasteiger partial charge in [-0.3, -0.25) is 9.36 Å². The molecule has 4 heterocycles. The first-order valence-corrected chi connectivity index (χ1v) is 8.98. The quantitative estimate of drug-likeness (QED) is 0.427. The Bertz CT molecular complexity index is 868. The second kappa shape index (κ2) is 7.22. The van der Waals surface area contributed by atoms with Gasteiger partial charge < -0.3 is 35.6 Å². The van der Waals surface area contributed by atoms with Crippen LogP contribution in [-0.4, -0.2) is 108 Å². The number of carbonyl (C=O) groups excluding carboxylic acids is 1. The van der Waals surface area contributed by atoms with Crippen LogP contribution in [0.25, 0.3) is 11.2 Å². The molecule has 2 saturated heterocycles. The minimum absolute atomic E-state index is 0.165. The van der Waals surface area contributed by atoms with Crippen LogP contribution in [0.5, 0.6) is 0 Å². The van der Waals surface area contributed by atoms with E-state index in [2.05, 4.69) is 19.9 Å². The van der Waals surface area contributed by atoms with Crippen molar-refractivity contribution in [3.63, 3.8) is 0 Å². The lowest BCUT2D eigenvalue weighted by Gasteiger charge is -2.34. The van der Waals surface area contributed by atoms with Gasteiger partial charge in [0, 0.05) is 26.2 Å². The fourth-order valence-electron chi connectivity index (χ4n) is 3.59. The minimum atomic E-state index is -1.60. The van der Waals surface area contributed by atoms with E-state index in [4.69, 9.17) is 10.5 Å². The first-order chi connectivity index (χ1) is 13.4. The van der Waals surface area contributed by atoms with Crippen molar-refractivity contribution in [1.29, 1.82) is 0 Å². The molecule has 0 radical (unpaired) electrons. The van der Waals surface area contributed by atoms with Gasteiger partial charge in [0.05, 0.1) is 6.33 Å². The van der Waals surface area contributed by atoms with Gasteiger partial charge in [-0.15, -0.1) is 0 Å². The molecule has 2 aromatic rings. The zero-order valence-electron chi connectivity index (χ0n) is 15.3. The molecule has 28 heavy (non-hydrogen) atoms. The van der Waals surface area contributed by atoms with Gasteiger partial charge >= 0.3 is 0 Å². The molecule has 0 bridgehead atoms. The van der Waals surface area contributed by atoms with E-state index in [1.54, 1.807) is 0 Å². The summed E-state index contributed by atoms with van der Waals surface area (Å²) in [6.45, 7) is 2.34. The molecule has 4 rings (SSSR count). The van der Waals surface area contributed by atoms with Crippen LogP contribution in [0.1, 0.15) is 6.23 Å². The van der Waals surface area contributed by atoms with Crippen molar-refractivity contribution in [1.82, 2.24) is 29.3 Å². The van der Waals surface area contributed by atoms with Crippen LogP contribution in [-0.2, 0) is 9.53 Å². The van der Waals surface area contributed by atoms with Crippen LogP contribution in [0.3, 0.4) is 0 Å². The molecule has 2 fully saturated rings. The Hall–Kier alpha value is -2.38. The number of anilines is 1. The zero-order chi connectivity index (χ0) is 20.0. The fraction of sp³-hybridized carbons (Fsp3) is 0.625. The Kier molecular flexibility index (Phi) is 4.89. The average Bonchev–Trinajstić information content (AvgIpc) is 3.24. The lowest BCUT2D eigenvalue weighted by atomic mass is 10.0. The minimum Gasteiger partial charge on any atom is -0.387 e. The van der Waals surface area contributed by atoms with E-state index in [1.165, 1.54) is 22.1 Å². The van der Waals surface area contributed by atoms with Gasteiger partial charge in [-0.2, -0.15) is 0 Å². The van der Waals surface area contributed by atoms with Crippen LogP contribution < -0.4 is 5.73 Å². The number of ether oxygens (including phenoxy) is 1. The Morgan fingerprint density at radius 1 is 1.21 bits per heavy atom. The first kappa shape index (κ1) is 19.0. The molecule has 152 valence electrons. The highest BCUT2D eigenvalue weighted by Gasteiger charge is 2.50. The van der Waals surface area contributed by atoms with E-state index in [-0.39, 0.29) is 5.82 Å². The topological polar surface area (TPSA) is 163 Å². The lowest BCUT2D eigenvalue weighted by Crippen LogP contribution is -2.54. The summed E-state index contributed by atoms with van der Waals surface area (Å²) in [5.74, 6) is -0.370. The van der Waals surface area contributed by atoms with E-state index < -0.39 is 36.6 Å². The van der Waals surface area contributed by atoms with Gasteiger partial charge in [-0.25, -0.2) is 15.0 Å². The van der Waals surface area contributed by atoms with Crippen molar-refractivity contribution < 1.29 is 24.9 Å². The Balaban J connectivity index is 1.54. The number of hydrogen-bond donors (Lipinski definition) is 4. The zero-order valence-corrected chi connectivity index (χ0v) is 15.3. The number of aliphatic hydroxyl groups excluding tert-OH is 3. The highest BCUT2D eigenvalue weighted by Crippen LogP contribution is 2.33. The van der Waals surface area contributed by atoms with E-state index in [0.717, 1.165) is 0 Å². The second-order valence-corrected chi connectivity index (χ2v) is 7.13. The molecule has 0 aliphatic carbocycles. The number of likely N-dealkylation sites (N-methyl/N-ethyl adjacent to an activating group) is 1. The molecule has 0 spiro atoms. The number of aromatic nitrogens is 4. The van der Waals surface area contributed by atoms with Crippen LogP contribution in [0.15, 0.2) is 12.7 Å². The van der Waals surface area contributed by atoms with Crippen molar-refractivity contribution in [3.05, 3.63) is 12.7 Å². The largest absolute Gasteiger partial charge is 0.387 e.